The molecule has 10 rings (SSSR count). The minimum Gasteiger partial charge on any atom is -0.371 e. The molecule has 4 amide bonds. The van der Waals surface area contributed by atoms with Crippen molar-refractivity contribution in [1.82, 2.24) is 29.9 Å². The van der Waals surface area contributed by atoms with Crippen LogP contribution in [0.2, 0.25) is 0 Å². The van der Waals surface area contributed by atoms with Crippen LogP contribution in [-0.2, 0) is 29.1 Å². The fraction of sp³-hybridized carbons (Fsp3) is 0.435. The van der Waals surface area contributed by atoms with E-state index < -0.39 is 54.4 Å². The molecule has 6 aliphatic rings. The van der Waals surface area contributed by atoms with E-state index in [9.17, 15) is 28.0 Å². The molecule has 3 aromatic carbocycles. The summed E-state index contributed by atoms with van der Waals surface area (Å²) in [6.45, 7) is 8.44. The number of rotatable bonds is 7. The van der Waals surface area contributed by atoms with Crippen LogP contribution in [0.5, 0.6) is 0 Å². The number of benzene rings is 3. The smallest absolute Gasteiger partial charge is 0.262 e. The number of amides is 4. The molecule has 11 nitrogen and oxygen atoms in total. The second kappa shape index (κ2) is 14.8. The molecule has 3 atom stereocenters. The summed E-state index contributed by atoms with van der Waals surface area (Å²) in [6, 6.07) is 11.4. The second-order valence-electron chi connectivity index (χ2n) is 17.9. The number of hydrogen-bond donors (Lipinski definition) is 2. The summed E-state index contributed by atoms with van der Waals surface area (Å²) in [5.74, 6) is -3.00. The van der Waals surface area contributed by atoms with E-state index in [0.29, 0.717) is 75.6 Å². The molecule has 2 N–H and O–H groups in total. The largest absolute Gasteiger partial charge is 0.371 e. The number of hydrogen-bond acceptors (Lipinski definition) is 7. The van der Waals surface area contributed by atoms with Crippen LogP contribution in [0.25, 0.3) is 10.9 Å². The summed E-state index contributed by atoms with van der Waals surface area (Å²) in [5, 5.41) is 3.57. The number of carbonyl (C=O) groups is 4. The maximum atomic E-state index is 16.4. The minimum absolute atomic E-state index is 0.0520. The highest BCUT2D eigenvalue weighted by Crippen LogP contribution is 2.46. The van der Waals surface area contributed by atoms with Crippen LogP contribution in [-0.4, -0.2) is 106 Å². The minimum atomic E-state index is -2.68. The van der Waals surface area contributed by atoms with Crippen LogP contribution in [0.1, 0.15) is 93.7 Å². The van der Waals surface area contributed by atoms with Crippen LogP contribution in [0, 0.1) is 17.0 Å². The van der Waals surface area contributed by atoms with Gasteiger partial charge in [0.1, 0.15) is 17.7 Å². The molecule has 0 saturated carbocycles. The van der Waals surface area contributed by atoms with Gasteiger partial charge in [-0.25, -0.2) is 17.6 Å². The third-order valence-corrected chi connectivity index (χ3v) is 14.2. The Balaban J connectivity index is 0.779. The van der Waals surface area contributed by atoms with Crippen molar-refractivity contribution in [2.45, 2.75) is 83.1 Å². The molecule has 4 aromatic rings. The number of fused-ring (bicyclic) bond motifs is 5. The van der Waals surface area contributed by atoms with Crippen molar-refractivity contribution < 1.29 is 36.7 Å². The molecule has 1 aromatic heterocycles. The van der Waals surface area contributed by atoms with Crippen molar-refractivity contribution in [3.05, 3.63) is 112 Å². The van der Waals surface area contributed by atoms with E-state index in [1.54, 1.807) is 17.0 Å². The zero-order chi connectivity index (χ0) is 42.5. The van der Waals surface area contributed by atoms with Gasteiger partial charge in [-0.15, -0.1) is 0 Å². The van der Waals surface area contributed by atoms with Gasteiger partial charge in [-0.3, -0.25) is 33.9 Å². The maximum Gasteiger partial charge on any atom is 0.262 e. The van der Waals surface area contributed by atoms with Gasteiger partial charge in [0.05, 0.1) is 30.3 Å². The Labute approximate surface area is 350 Å². The molecule has 0 bridgehead atoms. The van der Waals surface area contributed by atoms with E-state index in [-0.39, 0.29) is 40.6 Å². The number of carbonyl (C=O) groups excluding carboxylic acids is 4. The van der Waals surface area contributed by atoms with Gasteiger partial charge < -0.3 is 20.1 Å². The van der Waals surface area contributed by atoms with Crippen molar-refractivity contribution in [2.75, 3.05) is 44.2 Å². The molecule has 3 saturated heterocycles. The standard InChI is InChI=1S/C46H47F4N7O4/c1-25-7-8-37(43(59)51-25)57-44(60)32-16-27-20-55(21-28(27)17-33(32)45(57)61)39(58)23-53-12-9-46(10-13-53)11-14-54(24-46)29-18-34(47)40(35(48)19-29)42-41-31(15-26(2)56(42)22-38(49)50)30-5-3-4-6-36(30)52-41/h3-6,16-19,26,37-38,42,52H,1,7-15,20-24H2,2H3,(H,51,59)/t26-,37?,42-/m1/s1. The number of aromatic amines is 1. The Morgan fingerprint density at radius 3 is 2.25 bits per heavy atom. The lowest BCUT2D eigenvalue weighted by atomic mass is 9.78. The molecule has 3 fully saturated rings. The Bertz CT molecular complexity index is 2460. The molecule has 1 spiro atoms. The van der Waals surface area contributed by atoms with Crippen LogP contribution in [0.4, 0.5) is 23.2 Å². The van der Waals surface area contributed by atoms with Crippen molar-refractivity contribution >= 4 is 40.2 Å². The molecule has 1 unspecified atom stereocenters. The van der Waals surface area contributed by atoms with Crippen molar-refractivity contribution in [3.63, 3.8) is 0 Å². The highest BCUT2D eigenvalue weighted by molar-refractivity contribution is 6.23. The Morgan fingerprint density at radius 1 is 0.934 bits per heavy atom. The number of imide groups is 1. The van der Waals surface area contributed by atoms with E-state index in [1.807, 2.05) is 36.1 Å². The third kappa shape index (κ3) is 6.71. The van der Waals surface area contributed by atoms with E-state index in [0.717, 1.165) is 51.8 Å². The van der Waals surface area contributed by atoms with Crippen LogP contribution < -0.4 is 10.2 Å². The summed E-state index contributed by atoms with van der Waals surface area (Å²) >= 11 is 0. The number of nitrogens with one attached hydrogen (secondary N) is 2. The molecular formula is C46H47F4N7O4. The number of H-pyrrole nitrogens is 1. The number of alkyl halides is 2. The number of likely N-dealkylation sites (tertiary alicyclic amines) is 1. The highest BCUT2D eigenvalue weighted by atomic mass is 19.3. The number of anilines is 1. The van der Waals surface area contributed by atoms with Gasteiger partial charge in [-0.2, -0.15) is 0 Å². The number of aromatic nitrogens is 1. The fourth-order valence-corrected chi connectivity index (χ4v) is 10.9. The molecule has 318 valence electrons. The van der Waals surface area contributed by atoms with Crippen LogP contribution >= 0.6 is 0 Å². The molecule has 15 heteroatoms. The first-order chi connectivity index (χ1) is 29.3. The number of para-hydroxylation sites is 1. The van der Waals surface area contributed by atoms with Gasteiger partial charge in [0.15, 0.2) is 0 Å². The summed E-state index contributed by atoms with van der Waals surface area (Å²) in [6.07, 6.45) is 1.06. The summed E-state index contributed by atoms with van der Waals surface area (Å²) in [5.41, 5.74) is 5.04. The highest BCUT2D eigenvalue weighted by Gasteiger charge is 2.46. The summed E-state index contributed by atoms with van der Waals surface area (Å²) in [4.78, 5) is 64.8. The lowest BCUT2D eigenvalue weighted by Gasteiger charge is -2.41. The first kappa shape index (κ1) is 39.6. The quantitative estimate of drug-likeness (QED) is 0.167. The van der Waals surface area contributed by atoms with Crippen LogP contribution in [0.15, 0.2) is 60.8 Å². The molecule has 6 aliphatic heterocycles. The average molecular weight is 838 g/mol. The maximum absolute atomic E-state index is 16.4. The average Bonchev–Trinajstić information content (AvgIpc) is 3.99. The third-order valence-electron chi connectivity index (χ3n) is 14.2. The monoisotopic (exact) mass is 837 g/mol. The normalized spacial score (nSPS) is 24.0. The predicted molar refractivity (Wildman–Crippen MR) is 219 cm³/mol. The first-order valence-electron chi connectivity index (χ1n) is 21.2. The Kier molecular flexibility index (Phi) is 9.62. The summed E-state index contributed by atoms with van der Waals surface area (Å²) in [7, 11) is 0. The van der Waals surface area contributed by atoms with Gasteiger partial charge >= 0.3 is 0 Å². The Hall–Kier alpha value is -5.54. The number of nitrogens with zero attached hydrogens (tertiary/aromatic N) is 5. The second-order valence-corrected chi connectivity index (χ2v) is 17.9. The van der Waals surface area contributed by atoms with Gasteiger partial charge in [-0.05, 0) is 111 Å². The topological polar surface area (TPSA) is 112 Å². The molecular weight excluding hydrogens is 791 g/mol. The Morgan fingerprint density at radius 2 is 1.59 bits per heavy atom. The lowest BCUT2D eigenvalue weighted by molar-refractivity contribution is -0.133. The number of allylic oxidation sites excluding steroid dienone is 1. The number of halogens is 4. The predicted octanol–water partition coefficient (Wildman–Crippen LogP) is 6.27. The van der Waals surface area contributed by atoms with Gasteiger partial charge in [-0.1, -0.05) is 24.8 Å². The molecule has 0 radical (unpaired) electrons. The van der Waals surface area contributed by atoms with E-state index >= 15 is 8.78 Å². The van der Waals surface area contributed by atoms with Crippen molar-refractivity contribution in [2.24, 2.45) is 5.41 Å². The van der Waals surface area contributed by atoms with E-state index in [1.165, 1.54) is 17.0 Å². The van der Waals surface area contributed by atoms with Crippen molar-refractivity contribution in [1.29, 1.82) is 0 Å². The van der Waals surface area contributed by atoms with Gasteiger partial charge in [0.25, 0.3) is 18.2 Å². The summed E-state index contributed by atoms with van der Waals surface area (Å²) < 4.78 is 60.6. The fourth-order valence-electron chi connectivity index (χ4n) is 10.9. The van der Waals surface area contributed by atoms with Gasteiger partial charge in [0, 0.05) is 65.8 Å². The molecule has 7 heterocycles. The van der Waals surface area contributed by atoms with E-state index in [4.69, 9.17) is 0 Å². The first-order valence-corrected chi connectivity index (χ1v) is 21.2. The van der Waals surface area contributed by atoms with E-state index in [2.05, 4.69) is 21.8 Å². The zero-order valence-corrected chi connectivity index (χ0v) is 33.9. The van der Waals surface area contributed by atoms with Crippen molar-refractivity contribution in [3.8, 4) is 0 Å². The van der Waals surface area contributed by atoms with Gasteiger partial charge in [0.2, 0.25) is 11.8 Å². The SMILES string of the molecule is C=C1CCC(N2C(=O)c3cc4c(cc3C2=O)CN(C(=O)CN2CCC3(CC2)CCN(c2cc(F)c([C@@H]5c6[nH]c7ccccc7c6C[C@@H](C)N5CC(F)F)c(F)c2)C3)C4)C(=O)N1. The molecule has 61 heavy (non-hydrogen) atoms. The lowest BCUT2D eigenvalue weighted by Crippen LogP contribution is -2.51. The molecule has 0 aliphatic carbocycles. The van der Waals surface area contributed by atoms with Crippen LogP contribution in [0.3, 0.4) is 0 Å². The zero-order valence-electron chi connectivity index (χ0n) is 33.9. The number of piperidine rings is 2.